The third-order valence-corrected chi connectivity index (χ3v) is 4.79. The molecular formula is C16H23BrN2O. The molecule has 0 spiro atoms. The van der Waals surface area contributed by atoms with E-state index in [9.17, 15) is 4.79 Å². The Hall–Kier alpha value is -0.870. The maximum absolute atomic E-state index is 12.3. The fourth-order valence-electron chi connectivity index (χ4n) is 2.83. The number of benzene rings is 1. The van der Waals surface area contributed by atoms with Gasteiger partial charge in [0.25, 0.3) is 0 Å². The van der Waals surface area contributed by atoms with Gasteiger partial charge in [0.05, 0.1) is 5.41 Å². The van der Waals surface area contributed by atoms with Crippen molar-refractivity contribution in [2.75, 3.05) is 20.1 Å². The molecule has 0 bridgehead atoms. The third-order valence-electron chi connectivity index (χ3n) is 4.30. The Morgan fingerprint density at radius 3 is 2.75 bits per heavy atom. The Morgan fingerprint density at radius 1 is 1.40 bits per heavy atom. The first-order chi connectivity index (χ1) is 9.57. The molecule has 0 heterocycles. The second-order valence-corrected chi connectivity index (χ2v) is 6.66. The predicted molar refractivity (Wildman–Crippen MR) is 85.8 cm³/mol. The summed E-state index contributed by atoms with van der Waals surface area (Å²) in [5.74, 6) is 0.214. The molecular weight excluding hydrogens is 316 g/mol. The number of carbonyl (C=O) groups is 1. The van der Waals surface area contributed by atoms with Crippen molar-refractivity contribution in [2.45, 2.75) is 32.6 Å². The average Bonchev–Trinajstić information content (AvgIpc) is 2.37. The largest absolute Gasteiger partial charge is 0.355 e. The summed E-state index contributed by atoms with van der Waals surface area (Å²) in [6.45, 7) is 3.61. The summed E-state index contributed by atoms with van der Waals surface area (Å²) in [7, 11) is 1.91. The summed E-state index contributed by atoms with van der Waals surface area (Å²) in [5.41, 5.74) is 2.41. The van der Waals surface area contributed by atoms with Crippen molar-refractivity contribution in [3.63, 3.8) is 0 Å². The minimum atomic E-state index is -0.152. The van der Waals surface area contributed by atoms with E-state index in [-0.39, 0.29) is 11.3 Å². The fraction of sp³-hybridized carbons (Fsp3) is 0.562. The van der Waals surface area contributed by atoms with Crippen molar-refractivity contribution in [1.29, 1.82) is 0 Å². The van der Waals surface area contributed by atoms with Gasteiger partial charge in [-0.2, -0.15) is 0 Å². The number of rotatable bonds is 6. The number of aryl methyl sites for hydroxylation is 1. The quantitative estimate of drug-likeness (QED) is 0.837. The lowest BCUT2D eigenvalue weighted by molar-refractivity contribution is -0.135. The van der Waals surface area contributed by atoms with Gasteiger partial charge in [0.2, 0.25) is 5.91 Å². The molecule has 0 unspecified atom stereocenters. The number of amides is 1. The van der Waals surface area contributed by atoms with Crippen LogP contribution in [0.25, 0.3) is 0 Å². The van der Waals surface area contributed by atoms with Gasteiger partial charge < -0.3 is 10.6 Å². The molecule has 0 aliphatic heterocycles. The van der Waals surface area contributed by atoms with Gasteiger partial charge in [0, 0.05) is 17.6 Å². The molecule has 1 aliphatic rings. The van der Waals surface area contributed by atoms with Gasteiger partial charge in [0.1, 0.15) is 0 Å². The molecule has 1 aliphatic carbocycles. The molecule has 1 aromatic carbocycles. The summed E-state index contributed by atoms with van der Waals surface area (Å²) in [5, 5.41) is 6.26. The SMILES string of the molecule is CNCC1(C(=O)NCCc2cc(Br)ccc2C)CCC1. The molecule has 2 N–H and O–H groups in total. The van der Waals surface area contributed by atoms with Gasteiger partial charge in [-0.25, -0.2) is 0 Å². The highest BCUT2D eigenvalue weighted by Crippen LogP contribution is 2.40. The lowest BCUT2D eigenvalue weighted by atomic mass is 9.68. The second-order valence-electron chi connectivity index (χ2n) is 5.74. The van der Waals surface area contributed by atoms with Crippen LogP contribution in [-0.4, -0.2) is 26.0 Å². The zero-order valence-corrected chi connectivity index (χ0v) is 13.8. The Bertz CT molecular complexity index is 483. The Morgan fingerprint density at radius 2 is 2.15 bits per heavy atom. The van der Waals surface area contributed by atoms with Gasteiger partial charge in [-0.05, 0) is 56.5 Å². The number of halogens is 1. The van der Waals surface area contributed by atoms with Crippen LogP contribution in [0.5, 0.6) is 0 Å². The van der Waals surface area contributed by atoms with Crippen LogP contribution in [0.15, 0.2) is 22.7 Å². The van der Waals surface area contributed by atoms with Crippen molar-refractivity contribution in [3.05, 3.63) is 33.8 Å². The van der Waals surface area contributed by atoms with Crippen LogP contribution in [0.1, 0.15) is 30.4 Å². The zero-order chi connectivity index (χ0) is 14.6. The molecule has 4 heteroatoms. The van der Waals surface area contributed by atoms with Crippen LogP contribution in [0, 0.1) is 12.3 Å². The Balaban J connectivity index is 1.86. The summed E-state index contributed by atoms with van der Waals surface area (Å²) in [4.78, 5) is 12.3. The van der Waals surface area contributed by atoms with Crippen molar-refractivity contribution < 1.29 is 4.79 Å². The summed E-state index contributed by atoms with van der Waals surface area (Å²) < 4.78 is 1.09. The van der Waals surface area contributed by atoms with Crippen LogP contribution in [0.2, 0.25) is 0 Å². The van der Waals surface area contributed by atoms with Gasteiger partial charge in [0.15, 0.2) is 0 Å². The van der Waals surface area contributed by atoms with E-state index in [0.29, 0.717) is 6.54 Å². The topological polar surface area (TPSA) is 41.1 Å². The molecule has 3 nitrogen and oxygen atoms in total. The van der Waals surface area contributed by atoms with E-state index in [2.05, 4.69) is 45.6 Å². The molecule has 0 radical (unpaired) electrons. The first-order valence-electron chi connectivity index (χ1n) is 7.25. The maximum atomic E-state index is 12.3. The molecule has 110 valence electrons. The Kier molecular flexibility index (Phi) is 5.22. The van der Waals surface area contributed by atoms with Crippen LogP contribution in [0.4, 0.5) is 0 Å². The predicted octanol–water partition coefficient (Wildman–Crippen LogP) is 2.81. The van der Waals surface area contributed by atoms with Crippen LogP contribution >= 0.6 is 15.9 Å². The zero-order valence-electron chi connectivity index (χ0n) is 12.3. The minimum Gasteiger partial charge on any atom is -0.355 e. The van der Waals surface area contributed by atoms with Crippen molar-refractivity contribution in [3.8, 4) is 0 Å². The standard InChI is InChI=1S/C16H23BrN2O/c1-12-4-5-14(17)10-13(12)6-9-19-15(20)16(11-18-2)7-3-8-16/h4-5,10,18H,3,6-9,11H2,1-2H3,(H,19,20). The van der Waals surface area contributed by atoms with E-state index in [4.69, 9.17) is 0 Å². The van der Waals surface area contributed by atoms with E-state index < -0.39 is 0 Å². The van der Waals surface area contributed by atoms with E-state index in [1.807, 2.05) is 13.1 Å². The van der Waals surface area contributed by atoms with Gasteiger partial charge in [-0.3, -0.25) is 4.79 Å². The third kappa shape index (κ3) is 3.41. The van der Waals surface area contributed by atoms with Gasteiger partial charge in [-0.1, -0.05) is 28.4 Å². The van der Waals surface area contributed by atoms with Crippen molar-refractivity contribution in [1.82, 2.24) is 10.6 Å². The molecule has 0 saturated heterocycles. The van der Waals surface area contributed by atoms with E-state index in [1.165, 1.54) is 17.5 Å². The minimum absolute atomic E-state index is 0.152. The van der Waals surface area contributed by atoms with Crippen molar-refractivity contribution >= 4 is 21.8 Å². The molecule has 0 atom stereocenters. The lowest BCUT2D eigenvalue weighted by Crippen LogP contribution is -2.51. The van der Waals surface area contributed by atoms with Crippen LogP contribution in [0.3, 0.4) is 0 Å². The maximum Gasteiger partial charge on any atom is 0.227 e. The van der Waals surface area contributed by atoms with Crippen LogP contribution < -0.4 is 10.6 Å². The lowest BCUT2D eigenvalue weighted by Gasteiger charge is -2.40. The molecule has 1 saturated carbocycles. The highest BCUT2D eigenvalue weighted by molar-refractivity contribution is 9.10. The number of hydrogen-bond acceptors (Lipinski definition) is 2. The first kappa shape index (κ1) is 15.5. The fourth-order valence-corrected chi connectivity index (χ4v) is 3.24. The molecule has 0 aromatic heterocycles. The second kappa shape index (κ2) is 6.72. The number of carbonyl (C=O) groups excluding carboxylic acids is 1. The smallest absolute Gasteiger partial charge is 0.227 e. The number of hydrogen-bond donors (Lipinski definition) is 2. The van der Waals surface area contributed by atoms with Crippen LogP contribution in [-0.2, 0) is 11.2 Å². The van der Waals surface area contributed by atoms with Crippen molar-refractivity contribution in [2.24, 2.45) is 5.41 Å². The molecule has 1 aromatic rings. The molecule has 2 rings (SSSR count). The normalized spacial score (nSPS) is 16.6. The molecule has 1 fully saturated rings. The molecule has 20 heavy (non-hydrogen) atoms. The summed E-state index contributed by atoms with van der Waals surface area (Å²) in [6, 6.07) is 6.29. The first-order valence-corrected chi connectivity index (χ1v) is 8.05. The average molecular weight is 339 g/mol. The monoisotopic (exact) mass is 338 g/mol. The highest BCUT2D eigenvalue weighted by atomic mass is 79.9. The van der Waals surface area contributed by atoms with E-state index in [1.54, 1.807) is 0 Å². The van der Waals surface area contributed by atoms with E-state index in [0.717, 1.165) is 30.3 Å². The molecule has 1 amide bonds. The summed E-state index contributed by atoms with van der Waals surface area (Å²) >= 11 is 3.49. The van der Waals surface area contributed by atoms with E-state index >= 15 is 0 Å². The Labute approximate surface area is 129 Å². The van der Waals surface area contributed by atoms with Gasteiger partial charge in [-0.15, -0.1) is 0 Å². The highest BCUT2D eigenvalue weighted by Gasteiger charge is 2.43. The van der Waals surface area contributed by atoms with Gasteiger partial charge >= 0.3 is 0 Å². The number of nitrogens with one attached hydrogen (secondary N) is 2. The summed E-state index contributed by atoms with van der Waals surface area (Å²) in [6.07, 6.45) is 4.07.